The average molecular weight is 160 g/mol. The summed E-state index contributed by atoms with van der Waals surface area (Å²) < 4.78 is 35.4. The minimum absolute atomic E-state index is 0.0858. The maximum absolute atomic E-state index is 11.8. The Balaban J connectivity index is 3.01. The summed E-state index contributed by atoms with van der Waals surface area (Å²) >= 11 is 0. The van der Waals surface area contributed by atoms with Crippen molar-refractivity contribution in [2.24, 2.45) is 0 Å². The Bertz CT molecular complexity index is 292. The molecule has 5 heteroatoms. The van der Waals surface area contributed by atoms with Gasteiger partial charge in [0.25, 0.3) is 0 Å². The lowest BCUT2D eigenvalue weighted by Crippen LogP contribution is -2.02. The van der Waals surface area contributed by atoms with Gasteiger partial charge in [-0.05, 0) is 6.07 Å². The summed E-state index contributed by atoms with van der Waals surface area (Å²) in [7, 11) is 0. The fourth-order valence-corrected chi connectivity index (χ4v) is 0.623. The van der Waals surface area contributed by atoms with E-state index < -0.39 is 11.7 Å². The van der Waals surface area contributed by atoms with Crippen LogP contribution >= 0.6 is 0 Å². The molecule has 0 amide bonds. The van der Waals surface area contributed by atoms with Gasteiger partial charge in [-0.1, -0.05) is 0 Å². The predicted octanol–water partition coefficient (Wildman–Crippen LogP) is 1.91. The largest absolute Gasteiger partial charge is 0.417 e. The van der Waals surface area contributed by atoms with Crippen molar-refractivity contribution < 1.29 is 13.2 Å². The Kier molecular flexibility index (Phi) is 1.61. The first kappa shape index (κ1) is 7.66. The summed E-state index contributed by atoms with van der Waals surface area (Å²) in [6, 6.07) is 2.33. The van der Waals surface area contributed by atoms with Crippen LogP contribution in [0.4, 0.5) is 13.2 Å². The minimum Gasteiger partial charge on any atom is -0.353 e. The van der Waals surface area contributed by atoms with Gasteiger partial charge in [-0.25, -0.2) is 0 Å². The van der Waals surface area contributed by atoms with Crippen molar-refractivity contribution in [3.05, 3.63) is 23.5 Å². The molecule has 1 N–H and O–H groups in total. The van der Waals surface area contributed by atoms with Crippen LogP contribution in [0.1, 0.15) is 11.3 Å². The molecule has 0 spiro atoms. The van der Waals surface area contributed by atoms with E-state index in [4.69, 9.17) is 5.26 Å². The van der Waals surface area contributed by atoms with Crippen LogP contribution in [0.15, 0.2) is 12.3 Å². The Morgan fingerprint density at radius 3 is 2.36 bits per heavy atom. The molecule has 0 bridgehead atoms. The van der Waals surface area contributed by atoms with Crippen molar-refractivity contribution in [1.29, 1.82) is 5.26 Å². The van der Waals surface area contributed by atoms with Gasteiger partial charge in [0.15, 0.2) is 0 Å². The van der Waals surface area contributed by atoms with E-state index in [-0.39, 0.29) is 5.69 Å². The molecule has 1 aromatic rings. The van der Waals surface area contributed by atoms with E-state index in [0.29, 0.717) is 0 Å². The van der Waals surface area contributed by atoms with Crippen molar-refractivity contribution in [2.75, 3.05) is 0 Å². The molecule has 0 unspecified atom stereocenters. The number of aromatic amines is 1. The number of rotatable bonds is 0. The monoisotopic (exact) mass is 160 g/mol. The van der Waals surface area contributed by atoms with E-state index in [2.05, 4.69) is 4.98 Å². The zero-order valence-electron chi connectivity index (χ0n) is 5.24. The first-order valence-corrected chi connectivity index (χ1v) is 2.70. The molecule has 0 aliphatic carbocycles. The molecule has 0 saturated carbocycles. The number of nitrogens with zero attached hydrogens (tertiary/aromatic N) is 1. The summed E-state index contributed by atoms with van der Waals surface area (Å²) in [4.78, 5) is 2.18. The highest BCUT2D eigenvalue weighted by Gasteiger charge is 2.31. The summed E-state index contributed by atoms with van der Waals surface area (Å²) in [5.74, 6) is 0. The van der Waals surface area contributed by atoms with Crippen LogP contribution in [0.2, 0.25) is 0 Å². The molecule has 1 rings (SSSR count). The Morgan fingerprint density at radius 1 is 1.45 bits per heavy atom. The number of hydrogen-bond donors (Lipinski definition) is 1. The average Bonchev–Trinajstić information content (AvgIpc) is 2.32. The van der Waals surface area contributed by atoms with E-state index in [1.165, 1.54) is 0 Å². The molecule has 11 heavy (non-hydrogen) atoms. The van der Waals surface area contributed by atoms with Crippen molar-refractivity contribution in [3.8, 4) is 6.07 Å². The first-order valence-electron chi connectivity index (χ1n) is 2.70. The van der Waals surface area contributed by atoms with Gasteiger partial charge in [-0.3, -0.25) is 0 Å². The third-order valence-corrected chi connectivity index (χ3v) is 1.13. The normalized spacial score (nSPS) is 11.1. The molecule has 0 saturated heterocycles. The third kappa shape index (κ3) is 1.52. The smallest absolute Gasteiger partial charge is 0.353 e. The number of H-pyrrole nitrogens is 1. The second-order valence-corrected chi connectivity index (χ2v) is 1.91. The second-order valence-electron chi connectivity index (χ2n) is 1.91. The predicted molar refractivity (Wildman–Crippen MR) is 30.5 cm³/mol. The minimum atomic E-state index is -4.37. The highest BCUT2D eigenvalue weighted by Crippen LogP contribution is 2.29. The van der Waals surface area contributed by atoms with Gasteiger partial charge in [-0.15, -0.1) is 0 Å². The molecule has 58 valence electrons. The van der Waals surface area contributed by atoms with Gasteiger partial charge >= 0.3 is 6.18 Å². The molecule has 0 fully saturated rings. The van der Waals surface area contributed by atoms with Crippen LogP contribution in [-0.2, 0) is 6.18 Å². The van der Waals surface area contributed by atoms with Crippen molar-refractivity contribution in [3.63, 3.8) is 0 Å². The lowest BCUT2D eigenvalue weighted by molar-refractivity contribution is -0.137. The fourth-order valence-electron chi connectivity index (χ4n) is 0.623. The van der Waals surface area contributed by atoms with Gasteiger partial charge in [0.05, 0.1) is 5.56 Å². The van der Waals surface area contributed by atoms with Crippen molar-refractivity contribution in [1.82, 2.24) is 4.98 Å². The van der Waals surface area contributed by atoms with Gasteiger partial charge in [0, 0.05) is 6.20 Å². The van der Waals surface area contributed by atoms with E-state index in [1.54, 1.807) is 6.07 Å². The summed E-state index contributed by atoms with van der Waals surface area (Å²) in [6.07, 6.45) is -3.61. The van der Waals surface area contributed by atoms with Crippen LogP contribution in [0.3, 0.4) is 0 Å². The quantitative estimate of drug-likeness (QED) is 0.618. The van der Waals surface area contributed by atoms with E-state index in [1.807, 2.05) is 0 Å². The topological polar surface area (TPSA) is 39.6 Å². The second kappa shape index (κ2) is 2.31. The van der Waals surface area contributed by atoms with Gasteiger partial charge in [-0.2, -0.15) is 18.4 Å². The van der Waals surface area contributed by atoms with Crippen LogP contribution in [0.5, 0.6) is 0 Å². The molecular formula is C6H3F3N2. The fraction of sp³-hybridized carbons (Fsp3) is 0.167. The van der Waals surface area contributed by atoms with Gasteiger partial charge in [0.1, 0.15) is 11.8 Å². The lowest BCUT2D eigenvalue weighted by atomic mass is 10.3. The molecule has 0 atom stereocenters. The van der Waals surface area contributed by atoms with Crippen LogP contribution in [0, 0.1) is 11.3 Å². The number of aromatic nitrogens is 1. The number of nitrogens with one attached hydrogen (secondary N) is 1. The highest BCUT2D eigenvalue weighted by atomic mass is 19.4. The van der Waals surface area contributed by atoms with Crippen LogP contribution in [-0.4, -0.2) is 4.98 Å². The Hall–Kier alpha value is -1.44. The number of alkyl halides is 3. The zero-order valence-corrected chi connectivity index (χ0v) is 5.24. The summed E-state index contributed by atoms with van der Waals surface area (Å²) in [5.41, 5.74) is -0.911. The third-order valence-electron chi connectivity index (χ3n) is 1.13. The molecule has 2 nitrogen and oxygen atoms in total. The molecule has 1 heterocycles. The number of halogens is 3. The van der Waals surface area contributed by atoms with E-state index >= 15 is 0 Å². The van der Waals surface area contributed by atoms with Crippen LogP contribution < -0.4 is 0 Å². The summed E-state index contributed by atoms with van der Waals surface area (Å²) in [6.45, 7) is 0. The maximum atomic E-state index is 11.8. The number of nitriles is 1. The molecule has 1 aromatic heterocycles. The van der Waals surface area contributed by atoms with Crippen molar-refractivity contribution in [2.45, 2.75) is 6.18 Å². The molecular weight excluding hydrogens is 157 g/mol. The first-order chi connectivity index (χ1) is 5.04. The summed E-state index contributed by atoms with van der Waals surface area (Å²) in [5, 5.41) is 8.17. The van der Waals surface area contributed by atoms with Gasteiger partial charge in [0.2, 0.25) is 0 Å². The molecule has 0 aromatic carbocycles. The standard InChI is InChI=1S/C6H3F3N2/c7-6(8,9)4-1-5(2-10)11-3-4/h1,3,11H. The van der Waals surface area contributed by atoms with Gasteiger partial charge < -0.3 is 4.98 Å². The zero-order chi connectivity index (χ0) is 8.48. The van der Waals surface area contributed by atoms with E-state index in [0.717, 1.165) is 12.3 Å². The molecule has 0 aliphatic heterocycles. The molecule has 0 radical (unpaired) electrons. The molecule has 0 aliphatic rings. The maximum Gasteiger partial charge on any atom is 0.417 e. The van der Waals surface area contributed by atoms with Crippen LogP contribution in [0.25, 0.3) is 0 Å². The van der Waals surface area contributed by atoms with Crippen molar-refractivity contribution >= 4 is 0 Å². The highest BCUT2D eigenvalue weighted by molar-refractivity contribution is 5.28. The Labute approximate surface area is 60.3 Å². The Morgan fingerprint density at radius 2 is 2.09 bits per heavy atom. The van der Waals surface area contributed by atoms with E-state index in [9.17, 15) is 13.2 Å². The lowest BCUT2D eigenvalue weighted by Gasteiger charge is -1.99. The number of hydrogen-bond acceptors (Lipinski definition) is 1. The SMILES string of the molecule is N#Cc1cc(C(F)(F)F)c[nH]1.